The van der Waals surface area contributed by atoms with Gasteiger partial charge in [0.05, 0.1) is 12.4 Å². The van der Waals surface area contributed by atoms with Gasteiger partial charge < -0.3 is 9.88 Å². The van der Waals surface area contributed by atoms with Crippen molar-refractivity contribution >= 4 is 5.91 Å². The van der Waals surface area contributed by atoms with E-state index in [9.17, 15) is 9.18 Å². The first kappa shape index (κ1) is 14.8. The van der Waals surface area contributed by atoms with Gasteiger partial charge in [0.25, 0.3) is 0 Å². The number of carbonyl (C=O) groups is 1. The van der Waals surface area contributed by atoms with Crippen molar-refractivity contribution in [3.8, 4) is 0 Å². The molecule has 0 spiro atoms. The molecule has 1 heterocycles. The average molecular weight is 301 g/mol. The lowest BCUT2D eigenvalue weighted by Crippen LogP contribution is -2.35. The molecule has 1 amide bonds. The molecule has 3 rings (SSSR count). The topological polar surface area (TPSA) is 46.9 Å². The summed E-state index contributed by atoms with van der Waals surface area (Å²) in [4.78, 5) is 16.2. The van der Waals surface area contributed by atoms with E-state index < -0.39 is 0 Å². The zero-order chi connectivity index (χ0) is 15.4. The maximum atomic E-state index is 14.2. The van der Waals surface area contributed by atoms with Gasteiger partial charge in [-0.05, 0) is 24.8 Å². The highest BCUT2D eigenvalue weighted by Crippen LogP contribution is 2.36. The molecule has 2 aromatic rings. The highest BCUT2D eigenvalue weighted by atomic mass is 19.1. The van der Waals surface area contributed by atoms with Gasteiger partial charge in [0.2, 0.25) is 5.91 Å². The van der Waals surface area contributed by atoms with E-state index in [2.05, 4.69) is 10.3 Å². The van der Waals surface area contributed by atoms with Gasteiger partial charge in [-0.2, -0.15) is 0 Å². The molecule has 5 heteroatoms. The van der Waals surface area contributed by atoms with Crippen LogP contribution in [0.5, 0.6) is 0 Å². The standard InChI is InChI=1S/C17H20FN3O/c18-15-8-4-3-7-14(15)17(13-5-1-2-6-13)20-16(22)11-21-10-9-19-12-21/h3-4,7-10,12-13,17H,1-2,5-6,11H2,(H,20,22). The van der Waals surface area contributed by atoms with E-state index in [4.69, 9.17) is 0 Å². The van der Waals surface area contributed by atoms with Crippen molar-refractivity contribution in [2.75, 3.05) is 0 Å². The Morgan fingerprint density at radius 2 is 2.14 bits per heavy atom. The fourth-order valence-electron chi connectivity index (χ4n) is 3.23. The zero-order valence-corrected chi connectivity index (χ0v) is 12.4. The van der Waals surface area contributed by atoms with Crippen LogP contribution in [0.15, 0.2) is 43.0 Å². The molecular weight excluding hydrogens is 281 g/mol. The molecule has 116 valence electrons. The second-order valence-electron chi connectivity index (χ2n) is 5.85. The summed E-state index contributed by atoms with van der Waals surface area (Å²) < 4.78 is 15.9. The van der Waals surface area contributed by atoms with Gasteiger partial charge in [0, 0.05) is 18.0 Å². The highest BCUT2D eigenvalue weighted by Gasteiger charge is 2.29. The number of rotatable bonds is 5. The molecule has 1 aliphatic carbocycles. The smallest absolute Gasteiger partial charge is 0.240 e. The van der Waals surface area contributed by atoms with Crippen molar-refractivity contribution in [1.82, 2.24) is 14.9 Å². The Labute approximate surface area is 129 Å². The fourth-order valence-corrected chi connectivity index (χ4v) is 3.23. The Morgan fingerprint density at radius 1 is 1.36 bits per heavy atom. The van der Waals surface area contributed by atoms with Crippen LogP contribution in [0.1, 0.15) is 37.3 Å². The molecular formula is C17H20FN3O. The van der Waals surface area contributed by atoms with Gasteiger partial charge in [-0.1, -0.05) is 31.0 Å². The van der Waals surface area contributed by atoms with E-state index in [1.165, 1.54) is 6.07 Å². The summed E-state index contributed by atoms with van der Waals surface area (Å²) in [6.45, 7) is 0.206. The molecule has 1 saturated carbocycles. The van der Waals surface area contributed by atoms with Crippen molar-refractivity contribution in [1.29, 1.82) is 0 Å². The fraction of sp³-hybridized carbons (Fsp3) is 0.412. The summed E-state index contributed by atoms with van der Waals surface area (Å²) in [5, 5.41) is 3.03. The van der Waals surface area contributed by atoms with Crippen molar-refractivity contribution in [2.24, 2.45) is 5.92 Å². The molecule has 1 aliphatic rings. The molecule has 0 bridgehead atoms. The lowest BCUT2D eigenvalue weighted by atomic mass is 9.91. The predicted molar refractivity (Wildman–Crippen MR) is 81.5 cm³/mol. The summed E-state index contributed by atoms with van der Waals surface area (Å²) in [5.74, 6) is -0.0517. The number of hydrogen-bond donors (Lipinski definition) is 1. The van der Waals surface area contributed by atoms with Crippen molar-refractivity contribution in [2.45, 2.75) is 38.3 Å². The Balaban J connectivity index is 1.76. The third kappa shape index (κ3) is 3.35. The maximum Gasteiger partial charge on any atom is 0.240 e. The third-order valence-electron chi connectivity index (χ3n) is 4.31. The number of aromatic nitrogens is 2. The van der Waals surface area contributed by atoms with Crippen molar-refractivity contribution in [3.05, 3.63) is 54.4 Å². The zero-order valence-electron chi connectivity index (χ0n) is 12.4. The second-order valence-corrected chi connectivity index (χ2v) is 5.85. The number of hydrogen-bond acceptors (Lipinski definition) is 2. The number of halogens is 1. The Kier molecular flexibility index (Phi) is 4.51. The second kappa shape index (κ2) is 6.73. The van der Waals surface area contributed by atoms with Gasteiger partial charge in [-0.15, -0.1) is 0 Å². The summed E-state index contributed by atoms with van der Waals surface area (Å²) in [5.41, 5.74) is 0.591. The minimum Gasteiger partial charge on any atom is -0.347 e. The van der Waals surface area contributed by atoms with E-state index in [1.54, 1.807) is 35.4 Å². The van der Waals surface area contributed by atoms with Crippen LogP contribution in [-0.4, -0.2) is 15.5 Å². The largest absolute Gasteiger partial charge is 0.347 e. The number of amides is 1. The van der Waals surface area contributed by atoms with Gasteiger partial charge in [0.15, 0.2) is 0 Å². The summed E-state index contributed by atoms with van der Waals surface area (Å²) >= 11 is 0. The van der Waals surface area contributed by atoms with E-state index in [-0.39, 0.29) is 24.3 Å². The molecule has 0 radical (unpaired) electrons. The summed E-state index contributed by atoms with van der Waals surface area (Å²) in [6, 6.07) is 6.48. The number of imidazole rings is 1. The molecule has 1 unspecified atom stereocenters. The molecule has 1 aromatic carbocycles. The van der Waals surface area contributed by atoms with Crippen LogP contribution in [0, 0.1) is 11.7 Å². The molecule has 0 aliphatic heterocycles. The van der Waals surface area contributed by atoms with Crippen molar-refractivity contribution in [3.63, 3.8) is 0 Å². The van der Waals surface area contributed by atoms with Crippen LogP contribution in [0.4, 0.5) is 4.39 Å². The first-order valence-corrected chi connectivity index (χ1v) is 7.73. The number of carbonyl (C=O) groups excluding carboxylic acids is 1. The SMILES string of the molecule is O=C(Cn1ccnc1)NC(c1ccccc1F)C1CCCC1. The average Bonchev–Trinajstić information content (AvgIpc) is 3.19. The van der Waals surface area contributed by atoms with Crippen LogP contribution in [0.2, 0.25) is 0 Å². The highest BCUT2D eigenvalue weighted by molar-refractivity contribution is 5.76. The lowest BCUT2D eigenvalue weighted by molar-refractivity contribution is -0.122. The molecule has 22 heavy (non-hydrogen) atoms. The predicted octanol–water partition coefficient (Wildman–Crippen LogP) is 3.07. The monoisotopic (exact) mass is 301 g/mol. The summed E-state index contributed by atoms with van der Waals surface area (Å²) in [6.07, 6.45) is 9.34. The molecule has 0 saturated heterocycles. The Hall–Kier alpha value is -2.17. The molecule has 1 fully saturated rings. The van der Waals surface area contributed by atoms with E-state index in [0.717, 1.165) is 25.7 Å². The minimum atomic E-state index is -0.250. The molecule has 1 atom stereocenters. The number of nitrogens with one attached hydrogen (secondary N) is 1. The Morgan fingerprint density at radius 3 is 2.82 bits per heavy atom. The van der Waals surface area contributed by atoms with Crippen LogP contribution in [0.3, 0.4) is 0 Å². The first-order valence-electron chi connectivity index (χ1n) is 7.73. The number of benzene rings is 1. The normalized spacial score (nSPS) is 16.6. The van der Waals surface area contributed by atoms with Crippen molar-refractivity contribution < 1.29 is 9.18 Å². The summed E-state index contributed by atoms with van der Waals surface area (Å²) in [7, 11) is 0. The van der Waals surface area contributed by atoms with Gasteiger partial charge in [-0.25, -0.2) is 9.37 Å². The van der Waals surface area contributed by atoms with Crippen LogP contribution in [0.25, 0.3) is 0 Å². The van der Waals surface area contributed by atoms with E-state index >= 15 is 0 Å². The quantitative estimate of drug-likeness (QED) is 0.922. The third-order valence-corrected chi connectivity index (χ3v) is 4.31. The van der Waals surface area contributed by atoms with Crippen LogP contribution >= 0.6 is 0 Å². The maximum absolute atomic E-state index is 14.2. The Bertz CT molecular complexity index is 621. The first-order chi connectivity index (χ1) is 10.7. The molecule has 1 N–H and O–H groups in total. The molecule has 4 nitrogen and oxygen atoms in total. The van der Waals surface area contributed by atoms with Gasteiger partial charge >= 0.3 is 0 Å². The van der Waals surface area contributed by atoms with Crippen LogP contribution in [-0.2, 0) is 11.3 Å². The van der Waals surface area contributed by atoms with E-state index in [1.807, 2.05) is 6.07 Å². The minimum absolute atomic E-state index is 0.113. The lowest BCUT2D eigenvalue weighted by Gasteiger charge is -2.25. The number of nitrogens with zero attached hydrogens (tertiary/aromatic N) is 2. The van der Waals surface area contributed by atoms with Gasteiger partial charge in [-0.3, -0.25) is 4.79 Å². The molecule has 1 aromatic heterocycles. The van der Waals surface area contributed by atoms with Crippen LogP contribution < -0.4 is 5.32 Å². The van der Waals surface area contributed by atoms with Gasteiger partial charge in [0.1, 0.15) is 12.4 Å². The van der Waals surface area contributed by atoms with E-state index in [0.29, 0.717) is 11.5 Å².